The molecule has 13 heavy (non-hydrogen) atoms. The molecule has 0 aliphatic carbocycles. The highest BCUT2D eigenvalue weighted by molar-refractivity contribution is 5.88. The number of nitrogens with one attached hydrogen (secondary N) is 1. The van der Waals surface area contributed by atoms with Crippen LogP contribution in [-0.2, 0) is 4.74 Å². The molecule has 1 unspecified atom stereocenters. The molecule has 0 radical (unpaired) electrons. The number of H-pyrrole nitrogens is 1. The van der Waals surface area contributed by atoms with Crippen molar-refractivity contribution in [3.8, 4) is 12.3 Å². The Morgan fingerprint density at radius 2 is 2.62 bits per heavy atom. The monoisotopic (exact) mass is 179 g/mol. The van der Waals surface area contributed by atoms with Crippen molar-refractivity contribution in [2.75, 3.05) is 5.73 Å². The number of ether oxygens (including phenoxy) is 1. The van der Waals surface area contributed by atoms with Gasteiger partial charge in [0.15, 0.2) is 6.10 Å². The number of hydrogen-bond acceptors (Lipinski definition) is 4. The van der Waals surface area contributed by atoms with E-state index in [1.807, 2.05) is 0 Å². The highest BCUT2D eigenvalue weighted by Gasteiger charge is 2.12. The van der Waals surface area contributed by atoms with Crippen LogP contribution in [0.5, 0.6) is 0 Å². The molecule has 0 bridgehead atoms. The molecular formula is C8H9N3O2. The Bertz CT molecular complexity index is 351. The van der Waals surface area contributed by atoms with E-state index in [0.29, 0.717) is 0 Å². The minimum atomic E-state index is -0.561. The third kappa shape index (κ3) is 2.24. The fourth-order valence-electron chi connectivity index (χ4n) is 0.700. The van der Waals surface area contributed by atoms with Gasteiger partial charge in [0.1, 0.15) is 11.5 Å². The summed E-state index contributed by atoms with van der Waals surface area (Å²) in [6.07, 6.45) is 4.47. The molecule has 0 amide bonds. The Balaban J connectivity index is 2.65. The van der Waals surface area contributed by atoms with E-state index in [4.69, 9.17) is 16.9 Å². The second kappa shape index (κ2) is 3.63. The van der Waals surface area contributed by atoms with Gasteiger partial charge in [0.05, 0.1) is 0 Å². The van der Waals surface area contributed by atoms with Gasteiger partial charge < -0.3 is 10.5 Å². The van der Waals surface area contributed by atoms with E-state index < -0.39 is 12.1 Å². The Morgan fingerprint density at radius 3 is 3.08 bits per heavy atom. The summed E-state index contributed by atoms with van der Waals surface area (Å²) < 4.78 is 4.80. The zero-order valence-corrected chi connectivity index (χ0v) is 7.07. The standard InChI is InChI=1S/C8H9N3O2/c1-3-5(2)13-8(12)6-4-7(9)11-10-6/h1,4-5H,2H3,(H3,9,10,11). The topological polar surface area (TPSA) is 81.0 Å². The van der Waals surface area contributed by atoms with E-state index in [1.165, 1.54) is 6.07 Å². The minimum absolute atomic E-state index is 0.194. The van der Waals surface area contributed by atoms with Crippen molar-refractivity contribution >= 4 is 11.8 Å². The van der Waals surface area contributed by atoms with Crippen molar-refractivity contribution in [3.63, 3.8) is 0 Å². The summed E-state index contributed by atoms with van der Waals surface area (Å²) in [4.78, 5) is 11.2. The summed E-state index contributed by atoms with van der Waals surface area (Å²) in [5.41, 5.74) is 5.48. The zero-order valence-electron chi connectivity index (χ0n) is 7.07. The van der Waals surface area contributed by atoms with E-state index in [1.54, 1.807) is 6.92 Å². The molecule has 1 atom stereocenters. The third-order valence-electron chi connectivity index (χ3n) is 1.34. The van der Waals surface area contributed by atoms with E-state index in [9.17, 15) is 4.79 Å². The van der Waals surface area contributed by atoms with Crippen LogP contribution < -0.4 is 5.73 Å². The van der Waals surface area contributed by atoms with Crippen molar-refractivity contribution in [2.24, 2.45) is 0 Å². The lowest BCUT2D eigenvalue weighted by atomic mass is 10.4. The first-order valence-electron chi connectivity index (χ1n) is 3.61. The summed E-state index contributed by atoms with van der Waals surface area (Å²) in [6, 6.07) is 1.38. The number of hydrogen-bond donors (Lipinski definition) is 2. The zero-order chi connectivity index (χ0) is 9.84. The van der Waals surface area contributed by atoms with E-state index >= 15 is 0 Å². The molecule has 1 heterocycles. The fourth-order valence-corrected chi connectivity index (χ4v) is 0.700. The first-order chi connectivity index (χ1) is 6.13. The number of nitrogens with zero attached hydrogens (tertiary/aromatic N) is 1. The summed E-state index contributed by atoms with van der Waals surface area (Å²) >= 11 is 0. The molecule has 0 aromatic carbocycles. The maximum atomic E-state index is 11.2. The lowest BCUT2D eigenvalue weighted by molar-refractivity contribution is 0.0432. The molecule has 1 aromatic heterocycles. The smallest absolute Gasteiger partial charge is 0.357 e. The summed E-state index contributed by atoms with van der Waals surface area (Å²) in [6.45, 7) is 1.59. The Morgan fingerprint density at radius 1 is 1.92 bits per heavy atom. The second-order valence-corrected chi connectivity index (χ2v) is 2.42. The van der Waals surface area contributed by atoms with E-state index in [0.717, 1.165) is 0 Å². The van der Waals surface area contributed by atoms with Crippen molar-refractivity contribution in [3.05, 3.63) is 11.8 Å². The van der Waals surface area contributed by atoms with Gasteiger partial charge in [0, 0.05) is 6.07 Å². The quantitative estimate of drug-likeness (QED) is 0.501. The van der Waals surface area contributed by atoms with Gasteiger partial charge in [-0.1, -0.05) is 5.92 Å². The van der Waals surface area contributed by atoms with Crippen LogP contribution in [0.4, 0.5) is 5.82 Å². The predicted molar refractivity (Wildman–Crippen MR) is 46.7 cm³/mol. The number of esters is 1. The Hall–Kier alpha value is -1.96. The molecule has 0 saturated heterocycles. The highest BCUT2D eigenvalue weighted by atomic mass is 16.5. The van der Waals surface area contributed by atoms with E-state index in [-0.39, 0.29) is 11.5 Å². The second-order valence-electron chi connectivity index (χ2n) is 2.42. The van der Waals surface area contributed by atoms with Gasteiger partial charge >= 0.3 is 5.97 Å². The maximum absolute atomic E-state index is 11.2. The number of nitrogens with two attached hydrogens (primary N) is 1. The van der Waals surface area contributed by atoms with Gasteiger partial charge in [0.25, 0.3) is 0 Å². The van der Waals surface area contributed by atoms with Gasteiger partial charge in [-0.15, -0.1) is 6.42 Å². The first-order valence-corrected chi connectivity index (χ1v) is 3.61. The molecule has 0 saturated carbocycles. The van der Waals surface area contributed by atoms with Crippen LogP contribution in [0.15, 0.2) is 6.07 Å². The predicted octanol–water partition coefficient (Wildman–Crippen LogP) is 0.170. The SMILES string of the molecule is C#CC(C)OC(=O)c1cc(N)n[nH]1. The van der Waals surface area contributed by atoms with Gasteiger partial charge in [0.2, 0.25) is 0 Å². The minimum Gasteiger partial charge on any atom is -0.445 e. The van der Waals surface area contributed by atoms with Crippen LogP contribution in [-0.4, -0.2) is 22.3 Å². The normalized spacial score (nSPS) is 11.7. The van der Waals surface area contributed by atoms with Crippen LogP contribution in [0, 0.1) is 12.3 Å². The van der Waals surface area contributed by atoms with Crippen LogP contribution in [0.2, 0.25) is 0 Å². The number of anilines is 1. The average molecular weight is 179 g/mol. The van der Waals surface area contributed by atoms with E-state index in [2.05, 4.69) is 16.1 Å². The Labute approximate surface area is 75.3 Å². The average Bonchev–Trinajstić information content (AvgIpc) is 2.51. The molecule has 68 valence electrons. The highest BCUT2D eigenvalue weighted by Crippen LogP contribution is 2.03. The van der Waals surface area contributed by atoms with Crippen molar-refractivity contribution < 1.29 is 9.53 Å². The summed E-state index contributed by atoms with van der Waals surface area (Å²) in [5, 5.41) is 5.99. The maximum Gasteiger partial charge on any atom is 0.357 e. The summed E-state index contributed by atoms with van der Waals surface area (Å²) in [5.74, 6) is 1.94. The molecule has 1 rings (SSSR count). The number of carbonyl (C=O) groups excluding carboxylic acids is 1. The number of terminal acetylenes is 1. The molecule has 0 aliphatic heterocycles. The van der Waals surface area contributed by atoms with Crippen LogP contribution >= 0.6 is 0 Å². The van der Waals surface area contributed by atoms with Crippen molar-refractivity contribution in [1.29, 1.82) is 0 Å². The van der Waals surface area contributed by atoms with Crippen LogP contribution in [0.25, 0.3) is 0 Å². The molecule has 3 N–H and O–H groups in total. The molecule has 5 nitrogen and oxygen atoms in total. The molecule has 0 fully saturated rings. The first kappa shape index (κ1) is 9.13. The number of aromatic amines is 1. The molecule has 1 aromatic rings. The van der Waals surface area contributed by atoms with Crippen molar-refractivity contribution in [2.45, 2.75) is 13.0 Å². The van der Waals surface area contributed by atoms with Gasteiger partial charge in [-0.25, -0.2) is 4.79 Å². The van der Waals surface area contributed by atoms with Gasteiger partial charge in [-0.2, -0.15) is 5.10 Å². The number of carbonyl (C=O) groups is 1. The lowest BCUT2D eigenvalue weighted by Crippen LogP contribution is -2.13. The Kier molecular flexibility index (Phi) is 2.55. The number of aromatic nitrogens is 2. The molecular weight excluding hydrogens is 170 g/mol. The van der Waals surface area contributed by atoms with Crippen molar-refractivity contribution in [1.82, 2.24) is 10.2 Å². The van der Waals surface area contributed by atoms with Gasteiger partial charge in [-0.3, -0.25) is 5.10 Å². The molecule has 5 heteroatoms. The summed E-state index contributed by atoms with van der Waals surface area (Å²) in [7, 11) is 0. The lowest BCUT2D eigenvalue weighted by Gasteiger charge is -2.04. The third-order valence-corrected chi connectivity index (χ3v) is 1.34. The largest absolute Gasteiger partial charge is 0.445 e. The van der Waals surface area contributed by atoms with Gasteiger partial charge in [-0.05, 0) is 6.92 Å². The number of rotatable bonds is 2. The molecule has 0 aliphatic rings. The number of nitrogen functional groups attached to an aromatic ring is 1. The van der Waals surface area contributed by atoms with Crippen LogP contribution in [0.3, 0.4) is 0 Å². The fraction of sp³-hybridized carbons (Fsp3) is 0.250. The van der Waals surface area contributed by atoms with Crippen LogP contribution in [0.1, 0.15) is 17.4 Å². The molecule has 0 spiro atoms.